The van der Waals surface area contributed by atoms with Crippen LogP contribution in [-0.4, -0.2) is 40.2 Å². The van der Waals surface area contributed by atoms with E-state index in [1.165, 1.54) is 11.0 Å². The Morgan fingerprint density at radius 1 is 1.47 bits per heavy atom. The lowest BCUT2D eigenvalue weighted by Crippen LogP contribution is -2.37. The van der Waals surface area contributed by atoms with Gasteiger partial charge in [0.05, 0.1) is 5.69 Å². The van der Waals surface area contributed by atoms with Crippen molar-refractivity contribution in [2.45, 2.75) is 0 Å². The van der Waals surface area contributed by atoms with Gasteiger partial charge >= 0.3 is 0 Å². The van der Waals surface area contributed by atoms with Gasteiger partial charge in [-0.15, -0.1) is 0 Å². The first-order chi connectivity index (χ1) is 7.91. The zero-order valence-electron chi connectivity index (χ0n) is 9.62. The molecule has 6 nitrogen and oxygen atoms in total. The summed E-state index contributed by atoms with van der Waals surface area (Å²) in [6.45, 7) is -0.243. The molecular formula is C10H14N3O3S-. The number of nitrogen functional groups attached to an aromatic ring is 1. The summed E-state index contributed by atoms with van der Waals surface area (Å²) >= 11 is -2.52. The molecule has 0 bridgehead atoms. The molecule has 0 aromatic heterocycles. The van der Waals surface area contributed by atoms with Crippen molar-refractivity contribution >= 4 is 28.5 Å². The van der Waals surface area contributed by atoms with Crippen LogP contribution in [0.15, 0.2) is 24.3 Å². The minimum Gasteiger partial charge on any atom is -0.755 e. The molecule has 0 aliphatic carbocycles. The lowest BCUT2D eigenvalue weighted by Gasteiger charge is -2.27. The second-order valence-electron chi connectivity index (χ2n) is 3.64. The number of nitrogens with two attached hydrogens (primary N) is 1. The van der Waals surface area contributed by atoms with Crippen LogP contribution in [0.2, 0.25) is 0 Å². The van der Waals surface area contributed by atoms with E-state index in [0.29, 0.717) is 11.4 Å². The summed E-state index contributed by atoms with van der Waals surface area (Å²) < 4.78 is 23.1. The SMILES string of the molecule is CN(C)C(=O)CN(c1cccc(N)c1)S(=O)[O-]. The highest BCUT2D eigenvalue weighted by Gasteiger charge is 2.13. The van der Waals surface area contributed by atoms with Crippen LogP contribution in [0.5, 0.6) is 0 Å². The number of anilines is 2. The van der Waals surface area contributed by atoms with Crippen molar-refractivity contribution in [3.8, 4) is 0 Å². The summed E-state index contributed by atoms with van der Waals surface area (Å²) in [5.74, 6) is -0.309. The van der Waals surface area contributed by atoms with E-state index < -0.39 is 11.3 Å². The third kappa shape index (κ3) is 3.72. The number of hydrogen-bond donors (Lipinski definition) is 1. The van der Waals surface area contributed by atoms with Gasteiger partial charge in [-0.3, -0.25) is 13.3 Å². The van der Waals surface area contributed by atoms with E-state index in [0.717, 1.165) is 4.31 Å². The third-order valence-electron chi connectivity index (χ3n) is 2.12. The Bertz CT molecular complexity index is 437. The predicted molar refractivity (Wildman–Crippen MR) is 65.8 cm³/mol. The van der Waals surface area contributed by atoms with Gasteiger partial charge in [-0.2, -0.15) is 0 Å². The second kappa shape index (κ2) is 5.65. The molecule has 0 aliphatic rings. The monoisotopic (exact) mass is 256 g/mol. The first-order valence-corrected chi connectivity index (χ1v) is 5.87. The number of likely N-dealkylation sites (N-methyl/N-ethyl adjacent to an activating group) is 1. The number of carbonyl (C=O) groups is 1. The van der Waals surface area contributed by atoms with E-state index in [2.05, 4.69) is 0 Å². The summed E-state index contributed by atoms with van der Waals surface area (Å²) in [6.07, 6.45) is 0. The Hall–Kier alpha value is -1.60. The number of amides is 1. The quantitative estimate of drug-likeness (QED) is 0.604. The molecule has 2 N–H and O–H groups in total. The average Bonchev–Trinajstić information content (AvgIpc) is 2.24. The highest BCUT2D eigenvalue weighted by Crippen LogP contribution is 2.18. The van der Waals surface area contributed by atoms with Crippen molar-refractivity contribution in [2.75, 3.05) is 30.7 Å². The predicted octanol–water partition coefficient (Wildman–Crippen LogP) is -0.0425. The van der Waals surface area contributed by atoms with E-state index in [1.54, 1.807) is 32.3 Å². The van der Waals surface area contributed by atoms with Gasteiger partial charge in [-0.05, 0) is 18.2 Å². The maximum atomic E-state index is 11.5. The average molecular weight is 256 g/mol. The van der Waals surface area contributed by atoms with Gasteiger partial charge in [0.1, 0.15) is 6.54 Å². The molecule has 0 radical (unpaired) electrons. The van der Waals surface area contributed by atoms with Crippen molar-refractivity contribution < 1.29 is 13.6 Å². The molecule has 1 atom stereocenters. The zero-order valence-corrected chi connectivity index (χ0v) is 10.4. The van der Waals surface area contributed by atoms with Crippen LogP contribution in [0.1, 0.15) is 0 Å². The van der Waals surface area contributed by atoms with Crippen LogP contribution in [0.4, 0.5) is 11.4 Å². The molecule has 1 amide bonds. The van der Waals surface area contributed by atoms with Gasteiger partial charge in [0.25, 0.3) is 0 Å². The topological polar surface area (TPSA) is 89.7 Å². The van der Waals surface area contributed by atoms with Gasteiger partial charge in [-0.1, -0.05) is 6.07 Å². The van der Waals surface area contributed by atoms with Crippen LogP contribution in [0, 0.1) is 0 Å². The maximum absolute atomic E-state index is 11.5. The number of benzene rings is 1. The molecule has 0 fully saturated rings. The van der Waals surface area contributed by atoms with Crippen molar-refractivity contribution in [2.24, 2.45) is 0 Å². The summed E-state index contributed by atoms with van der Waals surface area (Å²) in [4.78, 5) is 12.8. The van der Waals surface area contributed by atoms with Gasteiger partial charge < -0.3 is 15.2 Å². The molecule has 1 unspecified atom stereocenters. The highest BCUT2D eigenvalue weighted by atomic mass is 32.2. The normalized spacial score (nSPS) is 11.9. The summed E-state index contributed by atoms with van der Waals surface area (Å²) in [7, 11) is 3.13. The fraction of sp³-hybridized carbons (Fsp3) is 0.300. The first kappa shape index (κ1) is 13.5. The summed E-state index contributed by atoms with van der Waals surface area (Å²) in [6, 6.07) is 6.35. The Balaban J connectivity index is 2.94. The smallest absolute Gasteiger partial charge is 0.242 e. The molecule has 0 heterocycles. The molecule has 0 aliphatic heterocycles. The van der Waals surface area contributed by atoms with Gasteiger partial charge in [0.2, 0.25) is 5.91 Å². The standard InChI is InChI=1S/C10H15N3O3S/c1-12(2)10(14)7-13(17(15)16)9-5-3-4-8(11)6-9/h3-6H,7,11H2,1-2H3,(H,15,16)/p-1. The first-order valence-electron chi connectivity index (χ1n) is 4.84. The molecule has 17 heavy (non-hydrogen) atoms. The summed E-state index contributed by atoms with van der Waals surface area (Å²) in [5, 5.41) is 0. The molecule has 7 heteroatoms. The van der Waals surface area contributed by atoms with E-state index in [4.69, 9.17) is 5.73 Å². The highest BCUT2D eigenvalue weighted by molar-refractivity contribution is 7.80. The molecular weight excluding hydrogens is 242 g/mol. The zero-order chi connectivity index (χ0) is 13.0. The van der Waals surface area contributed by atoms with Crippen LogP contribution in [0.25, 0.3) is 0 Å². The van der Waals surface area contributed by atoms with Crippen molar-refractivity contribution in [1.29, 1.82) is 0 Å². The number of hydrogen-bond acceptors (Lipinski definition) is 4. The van der Waals surface area contributed by atoms with Crippen molar-refractivity contribution in [1.82, 2.24) is 4.90 Å². The number of carbonyl (C=O) groups excluding carboxylic acids is 1. The van der Waals surface area contributed by atoms with E-state index in [9.17, 15) is 13.6 Å². The molecule has 0 saturated carbocycles. The Labute approximate surface area is 102 Å². The minimum absolute atomic E-state index is 0.243. The fourth-order valence-electron chi connectivity index (χ4n) is 1.17. The minimum atomic E-state index is -2.52. The fourth-order valence-corrected chi connectivity index (χ4v) is 1.68. The van der Waals surface area contributed by atoms with Crippen LogP contribution >= 0.6 is 0 Å². The Morgan fingerprint density at radius 2 is 2.12 bits per heavy atom. The number of nitrogens with zero attached hydrogens (tertiary/aromatic N) is 2. The van der Waals surface area contributed by atoms with Gasteiger partial charge in [-0.25, -0.2) is 0 Å². The van der Waals surface area contributed by atoms with E-state index in [1.807, 2.05) is 0 Å². The summed E-state index contributed by atoms with van der Waals surface area (Å²) in [5.41, 5.74) is 6.37. The Kier molecular flexibility index (Phi) is 4.47. The molecule has 0 saturated heterocycles. The largest absolute Gasteiger partial charge is 0.755 e. The van der Waals surface area contributed by atoms with Crippen LogP contribution < -0.4 is 10.0 Å². The van der Waals surface area contributed by atoms with Crippen LogP contribution in [0.3, 0.4) is 0 Å². The molecule has 1 rings (SSSR count). The van der Waals surface area contributed by atoms with E-state index >= 15 is 0 Å². The second-order valence-corrected chi connectivity index (χ2v) is 4.51. The van der Waals surface area contributed by atoms with Gasteiger partial charge in [0.15, 0.2) is 0 Å². The van der Waals surface area contributed by atoms with Gasteiger partial charge in [0, 0.05) is 31.0 Å². The van der Waals surface area contributed by atoms with Crippen LogP contribution in [-0.2, 0) is 16.1 Å². The lowest BCUT2D eigenvalue weighted by molar-refractivity contribution is -0.127. The molecule has 94 valence electrons. The van der Waals surface area contributed by atoms with E-state index in [-0.39, 0.29) is 12.5 Å². The number of rotatable bonds is 4. The lowest BCUT2D eigenvalue weighted by atomic mass is 10.3. The molecule has 0 spiro atoms. The van der Waals surface area contributed by atoms with Crippen molar-refractivity contribution in [3.63, 3.8) is 0 Å². The molecule has 1 aromatic carbocycles. The Morgan fingerprint density at radius 3 is 2.59 bits per heavy atom. The maximum Gasteiger partial charge on any atom is 0.242 e. The third-order valence-corrected chi connectivity index (χ3v) is 2.82. The van der Waals surface area contributed by atoms with Crippen molar-refractivity contribution in [3.05, 3.63) is 24.3 Å². The molecule has 1 aromatic rings.